The number of halogens is 3. The molecule has 0 amide bonds. The van der Waals surface area contributed by atoms with Gasteiger partial charge in [-0.2, -0.15) is 4.84 Å². The minimum absolute atomic E-state index is 0.602. The third-order valence-corrected chi connectivity index (χ3v) is 1.27. The van der Waals surface area contributed by atoms with E-state index in [1.807, 2.05) is 0 Å². The maximum atomic E-state index is 11.4. The fraction of sp³-hybridized carbons (Fsp3) is 0.250. The van der Waals surface area contributed by atoms with Crippen molar-refractivity contribution in [2.24, 2.45) is 0 Å². The largest absolute Gasteiger partial charge is 0.544 e. The molecule has 0 aromatic rings. The Hall–Kier alpha value is -0.360. The van der Waals surface area contributed by atoms with Crippen molar-refractivity contribution in [3.8, 4) is 0 Å². The van der Waals surface area contributed by atoms with E-state index in [1.54, 1.807) is 0 Å². The fourth-order valence-corrected chi connectivity index (χ4v) is 0.891. The van der Waals surface area contributed by atoms with E-state index in [0.717, 1.165) is 11.8 Å². The Balaban J connectivity index is 2.31. The molecule has 1 radical (unpaired) electrons. The van der Waals surface area contributed by atoms with E-state index in [9.17, 15) is 13.2 Å². The molecule has 1 aliphatic heterocycles. The normalized spacial score (nSPS) is 18.5. The van der Waals surface area contributed by atoms with Crippen molar-refractivity contribution in [1.29, 1.82) is 0 Å². The van der Waals surface area contributed by atoms with Crippen LogP contribution in [-0.2, 0) is 4.84 Å². The topological polar surface area (TPSA) is 12.5 Å². The van der Waals surface area contributed by atoms with Crippen LogP contribution in [-0.4, -0.2) is 11.4 Å². The Morgan fingerprint density at radius 3 is 2.50 bits per heavy atom. The molecule has 0 aromatic heterocycles. The molecule has 1 heterocycles. The van der Waals surface area contributed by atoms with Crippen molar-refractivity contribution in [3.63, 3.8) is 0 Å². The maximum Gasteiger partial charge on any atom is 0.544 e. The Morgan fingerprint density at radius 1 is 1.40 bits per heavy atom. The van der Waals surface area contributed by atoms with Gasteiger partial charge < -0.3 is 0 Å². The van der Waals surface area contributed by atoms with Crippen LogP contribution >= 0.6 is 11.8 Å². The minimum atomic E-state index is -4.61. The number of nitrogens with zero attached hydrogens (tertiary/aromatic N) is 1. The lowest BCUT2D eigenvalue weighted by Gasteiger charge is -2.14. The van der Waals surface area contributed by atoms with E-state index >= 15 is 0 Å². The highest BCUT2D eigenvalue weighted by Crippen LogP contribution is 2.26. The second kappa shape index (κ2) is 2.71. The number of hydrogen-bond donors (Lipinski definition) is 0. The Kier molecular flexibility index (Phi) is 2.10. The molecule has 0 atom stereocenters. The lowest BCUT2D eigenvalue weighted by Crippen LogP contribution is -2.23. The molecule has 10 heavy (non-hydrogen) atoms. The molecule has 0 saturated heterocycles. The summed E-state index contributed by atoms with van der Waals surface area (Å²) in [6, 6.07) is 0. The van der Waals surface area contributed by atoms with Gasteiger partial charge in [0.05, 0.1) is 0 Å². The predicted octanol–water partition coefficient (Wildman–Crippen LogP) is 2.08. The van der Waals surface area contributed by atoms with Crippen LogP contribution in [0.1, 0.15) is 0 Å². The van der Waals surface area contributed by atoms with E-state index in [2.05, 4.69) is 4.84 Å². The maximum absolute atomic E-state index is 11.4. The number of alkyl halides is 3. The van der Waals surface area contributed by atoms with Crippen LogP contribution in [0.5, 0.6) is 0 Å². The quantitative estimate of drug-likeness (QED) is 0.597. The summed E-state index contributed by atoms with van der Waals surface area (Å²) >= 11 is 1.12. The van der Waals surface area contributed by atoms with E-state index < -0.39 is 6.36 Å². The summed E-state index contributed by atoms with van der Waals surface area (Å²) in [4.78, 5) is 3.47. The van der Waals surface area contributed by atoms with Gasteiger partial charge in [0.2, 0.25) is 0 Å². The molecule has 2 nitrogen and oxygen atoms in total. The number of hydroxylamine groups is 2. The molecule has 0 aromatic carbocycles. The lowest BCUT2D eigenvalue weighted by atomic mass is 11.0. The second-order valence-corrected chi connectivity index (χ2v) is 2.18. The van der Waals surface area contributed by atoms with Crippen LogP contribution in [0.2, 0.25) is 0 Å². The molecule has 1 aliphatic rings. The molecule has 57 valence electrons. The number of thioether (sulfide) groups is 1. The average Bonchev–Trinajstić information content (AvgIpc) is 2.12. The highest BCUT2D eigenvalue weighted by atomic mass is 32.2. The molecule has 0 saturated carbocycles. The lowest BCUT2D eigenvalue weighted by molar-refractivity contribution is -0.392. The van der Waals surface area contributed by atoms with Crippen molar-refractivity contribution >= 4 is 11.8 Å². The molecule has 1 rings (SSSR count). The van der Waals surface area contributed by atoms with Gasteiger partial charge in [-0.3, -0.25) is 0 Å². The summed E-state index contributed by atoms with van der Waals surface area (Å²) in [7, 11) is 0. The molecular formula is C4H3F3NOS. The Bertz CT molecular complexity index is 146. The van der Waals surface area contributed by atoms with Crippen LogP contribution in [0.4, 0.5) is 13.2 Å². The molecule has 6 heteroatoms. The standard InChI is InChI=1S/C4H3F3NOS/c5-4(6,7)9-8-1-2-10-3-8/h1-3H. The molecule has 0 N–H and O–H groups in total. The first-order chi connectivity index (χ1) is 4.58. The fourth-order valence-electron chi connectivity index (χ4n) is 0.397. The number of rotatable bonds is 1. The van der Waals surface area contributed by atoms with E-state index in [0.29, 0.717) is 5.06 Å². The van der Waals surface area contributed by atoms with Gasteiger partial charge in [0.25, 0.3) is 0 Å². The van der Waals surface area contributed by atoms with Crippen LogP contribution in [0.25, 0.3) is 0 Å². The zero-order valence-electron chi connectivity index (χ0n) is 4.63. The molecular weight excluding hydrogens is 167 g/mol. The third-order valence-electron chi connectivity index (χ3n) is 0.660. The third kappa shape index (κ3) is 2.49. The van der Waals surface area contributed by atoms with Gasteiger partial charge >= 0.3 is 6.36 Å². The van der Waals surface area contributed by atoms with Gasteiger partial charge in [-0.15, -0.1) is 24.9 Å². The number of hydrogen-bond acceptors (Lipinski definition) is 3. The Morgan fingerprint density at radius 2 is 2.10 bits per heavy atom. The monoisotopic (exact) mass is 170 g/mol. The van der Waals surface area contributed by atoms with E-state index in [1.165, 1.54) is 17.5 Å². The van der Waals surface area contributed by atoms with Crippen molar-refractivity contribution in [2.75, 3.05) is 0 Å². The van der Waals surface area contributed by atoms with Gasteiger partial charge in [0.15, 0.2) is 0 Å². The Labute approximate surface area is 59.6 Å². The molecule has 0 aliphatic carbocycles. The molecule has 0 spiro atoms. The van der Waals surface area contributed by atoms with Gasteiger partial charge in [-0.1, -0.05) is 0 Å². The molecule has 0 fully saturated rings. The summed E-state index contributed by atoms with van der Waals surface area (Å²) in [5, 5.41) is 2.08. The van der Waals surface area contributed by atoms with Crippen molar-refractivity contribution in [2.45, 2.75) is 6.36 Å². The SMILES string of the molecule is FC(F)(F)ON1[CH]SC=C1. The summed E-state index contributed by atoms with van der Waals surface area (Å²) in [5.41, 5.74) is 0. The van der Waals surface area contributed by atoms with Crippen molar-refractivity contribution in [3.05, 3.63) is 17.5 Å². The van der Waals surface area contributed by atoms with Gasteiger partial charge in [0, 0.05) is 6.20 Å². The van der Waals surface area contributed by atoms with Crippen LogP contribution in [0, 0.1) is 5.88 Å². The summed E-state index contributed by atoms with van der Waals surface area (Å²) in [5.74, 6) is 1.20. The van der Waals surface area contributed by atoms with Gasteiger partial charge in [-0.05, 0) is 5.41 Å². The summed E-state index contributed by atoms with van der Waals surface area (Å²) in [6.45, 7) is 0. The smallest absolute Gasteiger partial charge is 0.236 e. The first-order valence-corrected chi connectivity index (χ1v) is 3.22. The van der Waals surface area contributed by atoms with Crippen molar-refractivity contribution < 1.29 is 18.0 Å². The molecule has 0 bridgehead atoms. The van der Waals surface area contributed by atoms with Crippen LogP contribution in [0.15, 0.2) is 11.6 Å². The minimum Gasteiger partial charge on any atom is -0.236 e. The van der Waals surface area contributed by atoms with Gasteiger partial charge in [-0.25, -0.2) is 5.06 Å². The van der Waals surface area contributed by atoms with Crippen LogP contribution in [0.3, 0.4) is 0 Å². The molecule has 0 unspecified atom stereocenters. The van der Waals surface area contributed by atoms with E-state index in [4.69, 9.17) is 0 Å². The zero-order valence-corrected chi connectivity index (χ0v) is 5.45. The van der Waals surface area contributed by atoms with Crippen LogP contribution < -0.4 is 0 Å². The highest BCUT2D eigenvalue weighted by molar-refractivity contribution is 8.04. The van der Waals surface area contributed by atoms with E-state index in [-0.39, 0.29) is 0 Å². The second-order valence-electron chi connectivity index (χ2n) is 1.42. The predicted molar refractivity (Wildman–Crippen MR) is 30.0 cm³/mol. The summed E-state index contributed by atoms with van der Waals surface area (Å²) in [6.07, 6.45) is -3.43. The zero-order chi connectivity index (χ0) is 7.61. The van der Waals surface area contributed by atoms with Crippen molar-refractivity contribution in [1.82, 2.24) is 5.06 Å². The summed E-state index contributed by atoms with van der Waals surface area (Å²) < 4.78 is 34.1. The highest BCUT2D eigenvalue weighted by Gasteiger charge is 2.33. The first-order valence-electron chi connectivity index (χ1n) is 2.27. The first kappa shape index (κ1) is 7.74. The van der Waals surface area contributed by atoms with Gasteiger partial charge in [0.1, 0.15) is 5.88 Å². The average molecular weight is 170 g/mol.